The predicted molar refractivity (Wildman–Crippen MR) is 82.0 cm³/mol. The smallest absolute Gasteiger partial charge is 0.0673 e. The lowest BCUT2D eigenvalue weighted by molar-refractivity contribution is 0.0673. The zero-order chi connectivity index (χ0) is 14.4. The SMILES string of the molecule is CC1CN(CCCCC(C)(CO)NC2CC2)CCCO1. The molecule has 1 aliphatic heterocycles. The summed E-state index contributed by atoms with van der Waals surface area (Å²) in [5.41, 5.74) is -0.0731. The molecule has 2 fully saturated rings. The van der Waals surface area contributed by atoms with Crippen LogP contribution in [0.5, 0.6) is 0 Å². The molecule has 0 bridgehead atoms. The molecule has 4 heteroatoms. The lowest BCUT2D eigenvalue weighted by Gasteiger charge is -2.29. The highest BCUT2D eigenvalue weighted by atomic mass is 16.5. The van der Waals surface area contributed by atoms with Crippen LogP contribution in [0.4, 0.5) is 0 Å². The van der Waals surface area contributed by atoms with Crippen LogP contribution in [0.15, 0.2) is 0 Å². The molecule has 0 aromatic carbocycles. The maximum Gasteiger partial charge on any atom is 0.0673 e. The first kappa shape index (κ1) is 16.2. The summed E-state index contributed by atoms with van der Waals surface area (Å²) in [5, 5.41) is 13.2. The van der Waals surface area contributed by atoms with Gasteiger partial charge in [0.05, 0.1) is 12.7 Å². The van der Waals surface area contributed by atoms with Gasteiger partial charge in [-0.15, -0.1) is 0 Å². The van der Waals surface area contributed by atoms with Crippen molar-refractivity contribution in [1.82, 2.24) is 10.2 Å². The normalized spacial score (nSPS) is 28.1. The van der Waals surface area contributed by atoms with Crippen LogP contribution in [0.3, 0.4) is 0 Å². The van der Waals surface area contributed by atoms with Crippen LogP contribution in [0.25, 0.3) is 0 Å². The van der Waals surface area contributed by atoms with Crippen LogP contribution >= 0.6 is 0 Å². The van der Waals surface area contributed by atoms with Gasteiger partial charge in [-0.25, -0.2) is 0 Å². The van der Waals surface area contributed by atoms with Gasteiger partial charge in [0, 0.05) is 31.3 Å². The van der Waals surface area contributed by atoms with Crippen LogP contribution in [0.1, 0.15) is 52.4 Å². The van der Waals surface area contributed by atoms with Gasteiger partial charge < -0.3 is 20.1 Å². The van der Waals surface area contributed by atoms with E-state index in [2.05, 4.69) is 24.1 Å². The van der Waals surface area contributed by atoms with Crippen molar-refractivity contribution in [3.8, 4) is 0 Å². The fourth-order valence-corrected chi connectivity index (χ4v) is 3.05. The Morgan fingerprint density at radius 1 is 1.35 bits per heavy atom. The second-order valence-electron chi connectivity index (χ2n) is 6.93. The lowest BCUT2D eigenvalue weighted by atomic mass is 9.95. The molecule has 0 amide bonds. The van der Waals surface area contributed by atoms with Gasteiger partial charge in [-0.3, -0.25) is 0 Å². The number of rotatable bonds is 8. The molecule has 1 saturated heterocycles. The third-order valence-corrected chi connectivity index (χ3v) is 4.47. The van der Waals surface area contributed by atoms with Gasteiger partial charge in [-0.2, -0.15) is 0 Å². The molecule has 2 rings (SSSR count). The minimum Gasteiger partial charge on any atom is -0.394 e. The Morgan fingerprint density at radius 2 is 2.15 bits per heavy atom. The highest BCUT2D eigenvalue weighted by Gasteiger charge is 2.31. The number of nitrogens with one attached hydrogen (secondary N) is 1. The van der Waals surface area contributed by atoms with E-state index in [1.807, 2.05) is 0 Å². The van der Waals surface area contributed by atoms with Crippen LogP contribution in [-0.2, 0) is 4.74 Å². The highest BCUT2D eigenvalue weighted by molar-refractivity contribution is 4.92. The van der Waals surface area contributed by atoms with Gasteiger partial charge in [0.1, 0.15) is 0 Å². The molecular formula is C16H32N2O2. The molecule has 20 heavy (non-hydrogen) atoms. The minimum absolute atomic E-state index is 0.0731. The van der Waals surface area contributed by atoms with Crippen molar-refractivity contribution >= 4 is 0 Å². The fraction of sp³-hybridized carbons (Fsp3) is 1.00. The van der Waals surface area contributed by atoms with Crippen molar-refractivity contribution in [2.24, 2.45) is 0 Å². The Hall–Kier alpha value is -0.160. The molecule has 2 unspecified atom stereocenters. The first-order valence-electron chi connectivity index (χ1n) is 8.34. The number of unbranched alkanes of at least 4 members (excludes halogenated alkanes) is 1. The summed E-state index contributed by atoms with van der Waals surface area (Å²) in [4.78, 5) is 2.53. The Balaban J connectivity index is 1.61. The Labute approximate surface area is 123 Å². The molecule has 118 valence electrons. The summed E-state index contributed by atoms with van der Waals surface area (Å²) >= 11 is 0. The number of aliphatic hydroxyl groups is 1. The Kier molecular flexibility index (Phi) is 6.27. The Morgan fingerprint density at radius 3 is 2.85 bits per heavy atom. The van der Waals surface area contributed by atoms with Crippen LogP contribution in [0, 0.1) is 0 Å². The number of hydrogen-bond acceptors (Lipinski definition) is 4. The lowest BCUT2D eigenvalue weighted by Crippen LogP contribution is -2.47. The van der Waals surface area contributed by atoms with Crippen molar-refractivity contribution in [3.63, 3.8) is 0 Å². The van der Waals surface area contributed by atoms with Crippen molar-refractivity contribution < 1.29 is 9.84 Å². The van der Waals surface area contributed by atoms with Crippen LogP contribution in [0.2, 0.25) is 0 Å². The molecule has 0 aromatic heterocycles. The van der Waals surface area contributed by atoms with E-state index >= 15 is 0 Å². The molecule has 0 aromatic rings. The second kappa shape index (κ2) is 7.74. The van der Waals surface area contributed by atoms with E-state index in [9.17, 15) is 5.11 Å². The quantitative estimate of drug-likeness (QED) is 0.667. The van der Waals surface area contributed by atoms with E-state index in [0.29, 0.717) is 12.1 Å². The summed E-state index contributed by atoms with van der Waals surface area (Å²) in [6.45, 7) is 8.88. The molecule has 1 heterocycles. The molecule has 2 atom stereocenters. The standard InChI is InChI=1S/C16H32N2O2/c1-14-12-18(10-5-11-20-14)9-4-3-8-16(2,13-19)17-15-6-7-15/h14-15,17,19H,3-13H2,1-2H3. The summed E-state index contributed by atoms with van der Waals surface area (Å²) in [7, 11) is 0. The van der Waals surface area contributed by atoms with Crippen LogP contribution in [-0.4, -0.2) is 60.5 Å². The van der Waals surface area contributed by atoms with E-state index in [0.717, 1.165) is 26.0 Å². The first-order chi connectivity index (χ1) is 9.61. The highest BCUT2D eigenvalue weighted by Crippen LogP contribution is 2.25. The number of aliphatic hydroxyl groups excluding tert-OH is 1. The molecule has 0 spiro atoms. The van der Waals surface area contributed by atoms with Crippen molar-refractivity contribution in [3.05, 3.63) is 0 Å². The van der Waals surface area contributed by atoms with Crippen molar-refractivity contribution in [2.45, 2.75) is 70.1 Å². The number of ether oxygens (including phenoxy) is 1. The third-order valence-electron chi connectivity index (χ3n) is 4.47. The van der Waals surface area contributed by atoms with E-state index in [-0.39, 0.29) is 12.1 Å². The molecular weight excluding hydrogens is 252 g/mol. The van der Waals surface area contributed by atoms with Crippen LogP contribution < -0.4 is 5.32 Å². The molecule has 1 saturated carbocycles. The second-order valence-corrected chi connectivity index (χ2v) is 6.93. The van der Waals surface area contributed by atoms with Gasteiger partial charge >= 0.3 is 0 Å². The van der Waals surface area contributed by atoms with Gasteiger partial charge in [0.15, 0.2) is 0 Å². The zero-order valence-electron chi connectivity index (χ0n) is 13.2. The summed E-state index contributed by atoms with van der Waals surface area (Å²) < 4.78 is 5.68. The van der Waals surface area contributed by atoms with E-state index < -0.39 is 0 Å². The van der Waals surface area contributed by atoms with Gasteiger partial charge in [0.25, 0.3) is 0 Å². The Bertz CT molecular complexity index is 284. The minimum atomic E-state index is -0.0731. The molecule has 2 N–H and O–H groups in total. The first-order valence-corrected chi connectivity index (χ1v) is 8.34. The zero-order valence-corrected chi connectivity index (χ0v) is 13.2. The van der Waals surface area contributed by atoms with Gasteiger partial charge in [-0.05, 0) is 52.5 Å². The van der Waals surface area contributed by atoms with E-state index in [1.165, 1.54) is 38.8 Å². The average Bonchev–Trinajstić information content (AvgIpc) is 3.23. The molecule has 1 aliphatic carbocycles. The number of nitrogens with zero attached hydrogens (tertiary/aromatic N) is 1. The van der Waals surface area contributed by atoms with Crippen molar-refractivity contribution in [2.75, 3.05) is 32.8 Å². The monoisotopic (exact) mass is 284 g/mol. The predicted octanol–water partition coefficient (Wildman–Crippen LogP) is 1.77. The van der Waals surface area contributed by atoms with E-state index in [4.69, 9.17) is 4.74 Å². The summed E-state index contributed by atoms with van der Waals surface area (Å²) in [6.07, 6.45) is 7.55. The number of hydrogen-bond donors (Lipinski definition) is 2. The summed E-state index contributed by atoms with van der Waals surface area (Å²) in [5.74, 6) is 0. The molecule has 4 nitrogen and oxygen atoms in total. The molecule has 2 aliphatic rings. The maximum atomic E-state index is 9.59. The summed E-state index contributed by atoms with van der Waals surface area (Å²) in [6, 6.07) is 0.663. The van der Waals surface area contributed by atoms with E-state index in [1.54, 1.807) is 0 Å². The van der Waals surface area contributed by atoms with Gasteiger partial charge in [0.2, 0.25) is 0 Å². The van der Waals surface area contributed by atoms with Gasteiger partial charge in [-0.1, -0.05) is 6.42 Å². The third kappa shape index (κ3) is 5.68. The van der Waals surface area contributed by atoms with Crippen molar-refractivity contribution in [1.29, 1.82) is 0 Å². The largest absolute Gasteiger partial charge is 0.394 e. The average molecular weight is 284 g/mol. The maximum absolute atomic E-state index is 9.59. The topological polar surface area (TPSA) is 44.7 Å². The fourth-order valence-electron chi connectivity index (χ4n) is 3.05. The molecule has 0 radical (unpaired) electrons.